The fraction of sp³-hybridized carbons (Fsp3) is 0.0952. The van der Waals surface area contributed by atoms with Gasteiger partial charge in [0.1, 0.15) is 13.2 Å². The molecule has 0 spiro atoms. The third kappa shape index (κ3) is 4.64. The topological polar surface area (TPSA) is 55.8 Å². The van der Waals surface area contributed by atoms with E-state index in [1.165, 1.54) is 6.07 Å². The van der Waals surface area contributed by atoms with Gasteiger partial charge in [0.15, 0.2) is 11.5 Å². The summed E-state index contributed by atoms with van der Waals surface area (Å²) in [5, 5.41) is 9.35. The van der Waals surface area contributed by atoms with Gasteiger partial charge < -0.3 is 14.6 Å². The van der Waals surface area contributed by atoms with Crippen molar-refractivity contribution < 1.29 is 19.4 Å². The van der Waals surface area contributed by atoms with Crippen LogP contribution in [0.3, 0.4) is 0 Å². The SMILES string of the molecule is O=C(O)c1cc(OCc2ccccc2)c(OCc2ccccc2)cc1Br. The summed E-state index contributed by atoms with van der Waals surface area (Å²) in [7, 11) is 0. The number of carboxylic acid groups (broad SMARTS) is 1. The second-order valence-electron chi connectivity index (χ2n) is 5.63. The molecule has 5 heteroatoms. The van der Waals surface area contributed by atoms with Gasteiger partial charge in [-0.05, 0) is 39.2 Å². The molecule has 0 aromatic heterocycles. The molecule has 0 fully saturated rings. The molecule has 3 aromatic carbocycles. The standard InChI is InChI=1S/C21H17BrO4/c22-18-12-20(26-14-16-9-5-2-6-10-16)19(11-17(18)21(23)24)25-13-15-7-3-1-4-8-15/h1-12H,13-14H2,(H,23,24). The second kappa shape index (κ2) is 8.54. The number of ether oxygens (including phenoxy) is 2. The van der Waals surface area contributed by atoms with Gasteiger partial charge >= 0.3 is 5.97 Å². The van der Waals surface area contributed by atoms with E-state index >= 15 is 0 Å². The van der Waals surface area contributed by atoms with Crippen LogP contribution in [0.2, 0.25) is 0 Å². The lowest BCUT2D eigenvalue weighted by atomic mass is 10.2. The van der Waals surface area contributed by atoms with Crippen LogP contribution in [-0.2, 0) is 13.2 Å². The third-order valence-corrected chi connectivity index (χ3v) is 4.39. The molecule has 0 aliphatic carbocycles. The van der Waals surface area contributed by atoms with Gasteiger partial charge in [-0.3, -0.25) is 0 Å². The van der Waals surface area contributed by atoms with Crippen LogP contribution in [0.1, 0.15) is 21.5 Å². The van der Waals surface area contributed by atoms with Crippen molar-refractivity contribution in [1.29, 1.82) is 0 Å². The number of aromatic carboxylic acids is 1. The summed E-state index contributed by atoms with van der Waals surface area (Å²) in [6.45, 7) is 0.685. The highest BCUT2D eigenvalue weighted by Crippen LogP contribution is 2.35. The van der Waals surface area contributed by atoms with Gasteiger partial charge in [0.25, 0.3) is 0 Å². The van der Waals surface area contributed by atoms with E-state index in [0.29, 0.717) is 29.2 Å². The van der Waals surface area contributed by atoms with E-state index in [2.05, 4.69) is 15.9 Å². The molecule has 4 nitrogen and oxygen atoms in total. The molecule has 0 saturated carbocycles. The molecule has 3 aromatic rings. The maximum atomic E-state index is 11.4. The number of halogens is 1. The van der Waals surface area contributed by atoms with Crippen LogP contribution >= 0.6 is 15.9 Å². The monoisotopic (exact) mass is 412 g/mol. The number of hydrogen-bond donors (Lipinski definition) is 1. The maximum absolute atomic E-state index is 11.4. The zero-order chi connectivity index (χ0) is 18.4. The van der Waals surface area contributed by atoms with Gasteiger partial charge in [-0.25, -0.2) is 4.79 Å². The highest BCUT2D eigenvalue weighted by molar-refractivity contribution is 9.10. The first-order valence-electron chi connectivity index (χ1n) is 8.04. The number of benzene rings is 3. The Balaban J connectivity index is 1.83. The van der Waals surface area contributed by atoms with Gasteiger partial charge in [0.05, 0.1) is 5.56 Å². The van der Waals surface area contributed by atoms with Crippen molar-refractivity contribution in [2.24, 2.45) is 0 Å². The van der Waals surface area contributed by atoms with Gasteiger partial charge in [-0.1, -0.05) is 60.7 Å². The molecule has 0 aliphatic rings. The average Bonchev–Trinajstić information content (AvgIpc) is 2.67. The quantitative estimate of drug-likeness (QED) is 0.571. The highest BCUT2D eigenvalue weighted by Gasteiger charge is 2.16. The number of hydrogen-bond acceptors (Lipinski definition) is 3. The lowest BCUT2D eigenvalue weighted by molar-refractivity contribution is 0.0695. The molecule has 0 amide bonds. The summed E-state index contributed by atoms with van der Waals surface area (Å²) in [5.41, 5.74) is 2.13. The average molecular weight is 413 g/mol. The Morgan fingerprint density at radius 1 is 0.808 bits per heavy atom. The first-order valence-corrected chi connectivity index (χ1v) is 8.83. The third-order valence-electron chi connectivity index (χ3n) is 3.74. The van der Waals surface area contributed by atoms with Crippen molar-refractivity contribution in [3.8, 4) is 11.5 Å². The van der Waals surface area contributed by atoms with E-state index in [1.807, 2.05) is 60.7 Å². The minimum atomic E-state index is -1.03. The van der Waals surface area contributed by atoms with Crippen LogP contribution in [0.5, 0.6) is 11.5 Å². The minimum absolute atomic E-state index is 0.125. The van der Waals surface area contributed by atoms with Crippen LogP contribution < -0.4 is 9.47 Å². The van der Waals surface area contributed by atoms with Crippen LogP contribution in [0, 0.1) is 0 Å². The Bertz CT molecular complexity index is 879. The summed E-state index contributed by atoms with van der Waals surface area (Å²) >= 11 is 3.29. The molecule has 0 unspecified atom stereocenters. The zero-order valence-corrected chi connectivity index (χ0v) is 15.5. The molecule has 26 heavy (non-hydrogen) atoms. The van der Waals surface area contributed by atoms with Crippen LogP contribution in [0.4, 0.5) is 0 Å². The number of carbonyl (C=O) groups is 1. The molecule has 0 aliphatic heterocycles. The summed E-state index contributed by atoms with van der Waals surface area (Å²) in [4.78, 5) is 11.4. The van der Waals surface area contributed by atoms with E-state index in [9.17, 15) is 9.90 Å². The molecule has 0 radical (unpaired) electrons. The van der Waals surface area contributed by atoms with Gasteiger partial charge in [-0.2, -0.15) is 0 Å². The Kier molecular flexibility index (Phi) is 5.92. The van der Waals surface area contributed by atoms with Crippen molar-refractivity contribution in [2.45, 2.75) is 13.2 Å². The fourth-order valence-electron chi connectivity index (χ4n) is 2.40. The van der Waals surface area contributed by atoms with E-state index in [-0.39, 0.29) is 5.56 Å². The van der Waals surface area contributed by atoms with E-state index in [4.69, 9.17) is 9.47 Å². The summed E-state index contributed by atoms with van der Waals surface area (Å²) in [6, 6.07) is 22.5. The molecule has 1 N–H and O–H groups in total. The number of rotatable bonds is 7. The van der Waals surface area contributed by atoms with Crippen molar-refractivity contribution in [2.75, 3.05) is 0 Å². The smallest absolute Gasteiger partial charge is 0.336 e. The van der Waals surface area contributed by atoms with E-state index < -0.39 is 5.97 Å². The minimum Gasteiger partial charge on any atom is -0.485 e. The van der Waals surface area contributed by atoms with Crippen LogP contribution in [-0.4, -0.2) is 11.1 Å². The van der Waals surface area contributed by atoms with Crippen molar-refractivity contribution >= 4 is 21.9 Å². The Morgan fingerprint density at radius 2 is 1.27 bits per heavy atom. The molecule has 0 bridgehead atoms. The lowest BCUT2D eigenvalue weighted by Crippen LogP contribution is -2.04. The molecule has 0 atom stereocenters. The molecular weight excluding hydrogens is 396 g/mol. The molecule has 0 heterocycles. The number of carboxylic acids is 1. The van der Waals surface area contributed by atoms with E-state index in [1.54, 1.807) is 6.07 Å². The Labute approximate surface area is 160 Å². The van der Waals surface area contributed by atoms with Gasteiger partial charge in [0, 0.05) is 4.47 Å². The first-order chi connectivity index (χ1) is 12.6. The van der Waals surface area contributed by atoms with Crippen molar-refractivity contribution in [1.82, 2.24) is 0 Å². The van der Waals surface area contributed by atoms with Gasteiger partial charge in [-0.15, -0.1) is 0 Å². The predicted molar refractivity (Wildman–Crippen MR) is 103 cm³/mol. The largest absolute Gasteiger partial charge is 0.485 e. The lowest BCUT2D eigenvalue weighted by Gasteiger charge is -2.15. The molecule has 132 valence electrons. The normalized spacial score (nSPS) is 10.3. The molecular formula is C21H17BrO4. The first kappa shape index (κ1) is 18.0. The van der Waals surface area contributed by atoms with E-state index in [0.717, 1.165) is 11.1 Å². The molecule has 3 rings (SSSR count). The fourth-order valence-corrected chi connectivity index (χ4v) is 2.89. The summed E-state index contributed by atoms with van der Waals surface area (Å²) < 4.78 is 12.2. The van der Waals surface area contributed by atoms with Gasteiger partial charge in [0.2, 0.25) is 0 Å². The van der Waals surface area contributed by atoms with Crippen molar-refractivity contribution in [3.63, 3.8) is 0 Å². The maximum Gasteiger partial charge on any atom is 0.336 e. The second-order valence-corrected chi connectivity index (χ2v) is 6.49. The molecule has 0 saturated heterocycles. The Morgan fingerprint density at radius 3 is 1.73 bits per heavy atom. The van der Waals surface area contributed by atoms with Crippen LogP contribution in [0.25, 0.3) is 0 Å². The zero-order valence-electron chi connectivity index (χ0n) is 13.9. The van der Waals surface area contributed by atoms with Crippen molar-refractivity contribution in [3.05, 3.63) is 94.0 Å². The summed E-state index contributed by atoms with van der Waals surface area (Å²) in [6.07, 6.45) is 0. The van der Waals surface area contributed by atoms with Crippen LogP contribution in [0.15, 0.2) is 77.3 Å². The summed E-state index contributed by atoms with van der Waals surface area (Å²) in [5.74, 6) is -0.150. The highest BCUT2D eigenvalue weighted by atomic mass is 79.9. The predicted octanol–water partition coefficient (Wildman–Crippen LogP) is 5.31. The Hall–Kier alpha value is -2.79.